The first-order valence-electron chi connectivity index (χ1n) is 8.86. The van der Waals surface area contributed by atoms with Crippen LogP contribution in [0.4, 0.5) is 4.79 Å². The molecule has 1 unspecified atom stereocenters. The van der Waals surface area contributed by atoms with Crippen LogP contribution in [0.2, 0.25) is 0 Å². The van der Waals surface area contributed by atoms with Gasteiger partial charge in [0.1, 0.15) is 0 Å². The van der Waals surface area contributed by atoms with Gasteiger partial charge in [-0.15, -0.1) is 0 Å². The van der Waals surface area contributed by atoms with Gasteiger partial charge in [0.05, 0.1) is 17.8 Å². The van der Waals surface area contributed by atoms with Crippen LogP contribution in [0.15, 0.2) is 24.4 Å². The molecule has 1 saturated heterocycles. The molecule has 1 aliphatic heterocycles. The van der Waals surface area contributed by atoms with Crippen molar-refractivity contribution in [2.24, 2.45) is 0 Å². The van der Waals surface area contributed by atoms with Crippen LogP contribution in [-0.4, -0.2) is 52.3 Å². The monoisotopic (exact) mass is 334 g/mol. The van der Waals surface area contributed by atoms with Crippen molar-refractivity contribution in [3.63, 3.8) is 0 Å². The van der Waals surface area contributed by atoms with Crippen molar-refractivity contribution in [1.82, 2.24) is 20.5 Å². The summed E-state index contributed by atoms with van der Waals surface area (Å²) in [5, 5.41) is 15.5. The summed E-state index contributed by atoms with van der Waals surface area (Å²) in [6, 6.07) is 5.99. The van der Waals surface area contributed by atoms with Crippen molar-refractivity contribution < 1.29 is 9.90 Å². The summed E-state index contributed by atoms with van der Waals surface area (Å²) in [7, 11) is 0. The molecule has 24 heavy (non-hydrogen) atoms. The molecule has 1 aliphatic rings. The van der Waals surface area contributed by atoms with E-state index in [0.717, 1.165) is 51.0 Å². The minimum Gasteiger partial charge on any atom is -0.394 e. The van der Waals surface area contributed by atoms with E-state index in [1.54, 1.807) is 0 Å². The summed E-state index contributed by atoms with van der Waals surface area (Å²) in [5.41, 5.74) is 0.540. The number of piperidine rings is 1. The molecule has 6 nitrogen and oxygen atoms in total. The quantitative estimate of drug-likeness (QED) is 0.712. The lowest BCUT2D eigenvalue weighted by Crippen LogP contribution is -2.55. The molecule has 2 amide bonds. The summed E-state index contributed by atoms with van der Waals surface area (Å²) in [4.78, 5) is 18.9. The zero-order chi connectivity index (χ0) is 17.4. The van der Waals surface area contributed by atoms with Crippen LogP contribution in [0, 0.1) is 0 Å². The van der Waals surface area contributed by atoms with Crippen LogP contribution < -0.4 is 10.6 Å². The fourth-order valence-electron chi connectivity index (χ4n) is 3.18. The van der Waals surface area contributed by atoms with Crippen molar-refractivity contribution in [2.75, 3.05) is 19.7 Å². The first-order chi connectivity index (χ1) is 11.5. The molecule has 1 fully saturated rings. The van der Waals surface area contributed by atoms with Crippen LogP contribution in [-0.2, 0) is 6.54 Å². The molecule has 134 valence electrons. The lowest BCUT2D eigenvalue weighted by atomic mass is 9.97. The Balaban J connectivity index is 1.73. The number of urea groups is 1. The van der Waals surface area contributed by atoms with E-state index in [2.05, 4.69) is 20.5 Å². The summed E-state index contributed by atoms with van der Waals surface area (Å²) in [5.74, 6) is 0. The second-order valence-electron chi connectivity index (χ2n) is 6.94. The van der Waals surface area contributed by atoms with E-state index >= 15 is 0 Å². The minimum atomic E-state index is -0.543. The van der Waals surface area contributed by atoms with Crippen LogP contribution in [0.25, 0.3) is 0 Å². The van der Waals surface area contributed by atoms with E-state index in [1.165, 1.54) is 0 Å². The number of carbonyl (C=O) groups excluding carboxylic acids is 1. The number of hydrogen-bond acceptors (Lipinski definition) is 4. The van der Waals surface area contributed by atoms with Crippen LogP contribution in [0.5, 0.6) is 0 Å². The lowest BCUT2D eigenvalue weighted by Gasteiger charge is -2.34. The smallest absolute Gasteiger partial charge is 0.315 e. The second-order valence-corrected chi connectivity index (χ2v) is 6.94. The molecular formula is C18H30N4O2. The van der Waals surface area contributed by atoms with E-state index in [1.807, 2.05) is 38.2 Å². The predicted octanol–water partition coefficient (Wildman–Crippen LogP) is 1.90. The van der Waals surface area contributed by atoms with Gasteiger partial charge >= 0.3 is 6.03 Å². The summed E-state index contributed by atoms with van der Waals surface area (Å²) < 4.78 is 0. The highest BCUT2D eigenvalue weighted by Gasteiger charge is 2.26. The molecule has 0 aliphatic carbocycles. The normalized spacial score (nSPS) is 18.8. The maximum Gasteiger partial charge on any atom is 0.315 e. The van der Waals surface area contributed by atoms with Crippen molar-refractivity contribution >= 4 is 6.03 Å². The zero-order valence-corrected chi connectivity index (χ0v) is 14.8. The molecule has 0 aromatic carbocycles. The number of aliphatic hydroxyl groups is 1. The highest BCUT2D eigenvalue weighted by molar-refractivity contribution is 5.75. The highest BCUT2D eigenvalue weighted by atomic mass is 16.3. The van der Waals surface area contributed by atoms with Crippen LogP contribution in [0.1, 0.15) is 45.2 Å². The Kier molecular flexibility index (Phi) is 6.99. The maximum atomic E-state index is 12.2. The fourth-order valence-corrected chi connectivity index (χ4v) is 3.18. The molecule has 1 atom stereocenters. The number of carbonyl (C=O) groups is 1. The number of pyridine rings is 1. The summed E-state index contributed by atoms with van der Waals surface area (Å²) >= 11 is 0. The van der Waals surface area contributed by atoms with E-state index < -0.39 is 5.54 Å². The fraction of sp³-hybridized carbons (Fsp3) is 0.667. The number of amides is 2. The van der Waals surface area contributed by atoms with Crippen molar-refractivity contribution in [1.29, 1.82) is 0 Å². The van der Waals surface area contributed by atoms with Gasteiger partial charge in [0.2, 0.25) is 0 Å². The number of aliphatic hydroxyl groups excluding tert-OH is 1. The van der Waals surface area contributed by atoms with Gasteiger partial charge in [-0.05, 0) is 38.3 Å². The maximum absolute atomic E-state index is 12.2. The Morgan fingerprint density at radius 1 is 1.42 bits per heavy atom. The largest absolute Gasteiger partial charge is 0.394 e. The lowest BCUT2D eigenvalue weighted by molar-refractivity contribution is 0.155. The molecule has 1 aromatic heterocycles. The number of aromatic nitrogens is 1. The molecule has 2 heterocycles. The number of nitrogens with zero attached hydrogens (tertiary/aromatic N) is 2. The van der Waals surface area contributed by atoms with Gasteiger partial charge in [-0.3, -0.25) is 9.88 Å². The van der Waals surface area contributed by atoms with Gasteiger partial charge in [-0.1, -0.05) is 19.4 Å². The van der Waals surface area contributed by atoms with E-state index in [0.29, 0.717) is 0 Å². The van der Waals surface area contributed by atoms with E-state index in [9.17, 15) is 9.90 Å². The van der Waals surface area contributed by atoms with Crippen LogP contribution >= 0.6 is 0 Å². The number of nitrogens with one attached hydrogen (secondary N) is 2. The molecule has 0 saturated carbocycles. The molecule has 0 radical (unpaired) electrons. The topological polar surface area (TPSA) is 77.5 Å². The molecule has 6 heteroatoms. The number of rotatable bonds is 7. The highest BCUT2D eigenvalue weighted by Crippen LogP contribution is 2.14. The van der Waals surface area contributed by atoms with E-state index in [4.69, 9.17) is 0 Å². The standard InChI is InChI=1S/C18H30N4O2/c1-3-9-18(2,14-23)21-17(24)20-15-7-11-22(12-8-15)13-16-6-4-5-10-19-16/h4-6,10,15,23H,3,7-9,11-14H2,1-2H3,(H2,20,21,24). The number of hydrogen-bond donors (Lipinski definition) is 3. The minimum absolute atomic E-state index is 0.0449. The van der Waals surface area contributed by atoms with Crippen molar-refractivity contribution in [3.05, 3.63) is 30.1 Å². The summed E-state index contributed by atoms with van der Waals surface area (Å²) in [6.07, 6.45) is 5.37. The first kappa shape index (κ1) is 18.7. The van der Waals surface area contributed by atoms with Crippen molar-refractivity contribution in [3.8, 4) is 0 Å². The predicted molar refractivity (Wildman–Crippen MR) is 94.6 cm³/mol. The first-order valence-corrected chi connectivity index (χ1v) is 8.86. The molecule has 3 N–H and O–H groups in total. The zero-order valence-electron chi connectivity index (χ0n) is 14.8. The van der Waals surface area contributed by atoms with Gasteiger partial charge < -0.3 is 15.7 Å². The van der Waals surface area contributed by atoms with Crippen LogP contribution in [0.3, 0.4) is 0 Å². The third kappa shape index (κ3) is 5.76. The third-order valence-corrected chi connectivity index (χ3v) is 4.60. The van der Waals surface area contributed by atoms with Gasteiger partial charge in [0.25, 0.3) is 0 Å². The molecule has 0 spiro atoms. The summed E-state index contributed by atoms with van der Waals surface area (Å²) in [6.45, 7) is 6.65. The average molecular weight is 334 g/mol. The Morgan fingerprint density at radius 3 is 2.75 bits per heavy atom. The average Bonchev–Trinajstić information content (AvgIpc) is 2.57. The van der Waals surface area contributed by atoms with E-state index in [-0.39, 0.29) is 18.7 Å². The van der Waals surface area contributed by atoms with Crippen molar-refractivity contribution in [2.45, 2.75) is 57.7 Å². The van der Waals surface area contributed by atoms with Gasteiger partial charge in [0.15, 0.2) is 0 Å². The van der Waals surface area contributed by atoms with Gasteiger partial charge in [0, 0.05) is 31.9 Å². The van der Waals surface area contributed by atoms with Gasteiger partial charge in [-0.2, -0.15) is 0 Å². The Hall–Kier alpha value is -1.66. The third-order valence-electron chi connectivity index (χ3n) is 4.60. The Morgan fingerprint density at radius 2 is 2.17 bits per heavy atom. The number of likely N-dealkylation sites (tertiary alicyclic amines) is 1. The molecule has 1 aromatic rings. The Labute approximate surface area is 144 Å². The molecular weight excluding hydrogens is 304 g/mol. The SMILES string of the molecule is CCCC(C)(CO)NC(=O)NC1CCN(Cc2ccccn2)CC1. The molecule has 2 rings (SSSR count). The van der Waals surface area contributed by atoms with Gasteiger partial charge in [-0.25, -0.2) is 4.79 Å². The Bertz CT molecular complexity index is 503. The second kappa shape index (κ2) is 8.99. The molecule has 0 bridgehead atoms.